The zero-order valence-electron chi connectivity index (χ0n) is 21.9. The van der Waals surface area contributed by atoms with Crippen LogP contribution in [0.15, 0.2) is 48.5 Å². The Morgan fingerprint density at radius 3 is 2.73 bits per heavy atom. The van der Waals surface area contributed by atoms with Gasteiger partial charge in [-0.2, -0.15) is 0 Å². The summed E-state index contributed by atoms with van der Waals surface area (Å²) in [6, 6.07) is 8.92. The van der Waals surface area contributed by atoms with E-state index in [-0.39, 0.29) is 18.7 Å². The number of benzene rings is 1. The minimum absolute atomic E-state index is 0.0426. The van der Waals surface area contributed by atoms with E-state index in [9.17, 15) is 23.2 Å². The Labute approximate surface area is 229 Å². The third-order valence-corrected chi connectivity index (χ3v) is 7.07. The van der Waals surface area contributed by atoms with E-state index in [0.29, 0.717) is 28.3 Å². The largest absolute Gasteiger partial charge is 0.384 e. The van der Waals surface area contributed by atoms with Crippen molar-refractivity contribution >= 4 is 40.5 Å². The first kappa shape index (κ1) is 27.2. The Hall–Kier alpha value is -4.41. The molecule has 11 heteroatoms. The molecule has 2 aromatic heterocycles. The van der Waals surface area contributed by atoms with E-state index in [4.69, 9.17) is 5.73 Å². The number of fused-ring (bicyclic) bond motifs is 1. The van der Waals surface area contributed by atoms with Crippen molar-refractivity contribution in [2.75, 3.05) is 18.8 Å². The van der Waals surface area contributed by atoms with Gasteiger partial charge < -0.3 is 21.3 Å². The van der Waals surface area contributed by atoms with Crippen molar-refractivity contribution in [2.24, 2.45) is 5.92 Å². The molecule has 9 nitrogen and oxygen atoms in total. The van der Waals surface area contributed by atoms with Gasteiger partial charge in [-0.25, -0.2) is 18.7 Å². The van der Waals surface area contributed by atoms with Crippen LogP contribution in [0.3, 0.4) is 0 Å². The van der Waals surface area contributed by atoms with E-state index in [1.165, 1.54) is 24.3 Å². The number of anilines is 1. The third-order valence-electron chi connectivity index (χ3n) is 7.07. The van der Waals surface area contributed by atoms with Gasteiger partial charge in [0.25, 0.3) is 5.91 Å². The van der Waals surface area contributed by atoms with Gasteiger partial charge in [-0.1, -0.05) is 18.2 Å². The predicted molar refractivity (Wildman–Crippen MR) is 146 cm³/mol. The topological polar surface area (TPSA) is 130 Å². The Morgan fingerprint density at radius 2 is 1.95 bits per heavy atom. The van der Waals surface area contributed by atoms with Gasteiger partial charge in [0.15, 0.2) is 0 Å². The number of nitrogens with one attached hydrogen (secondary N) is 2. The molecule has 5 rings (SSSR count). The number of allylic oxidation sites excluding steroid dienone is 1. The Bertz CT molecular complexity index is 1490. The molecule has 3 aromatic rings. The number of carbonyl (C=O) groups is 3. The molecular formula is C29H30F2N6O3. The molecule has 2 fully saturated rings. The van der Waals surface area contributed by atoms with E-state index in [1.54, 1.807) is 19.1 Å². The molecule has 4 N–H and O–H groups in total. The summed E-state index contributed by atoms with van der Waals surface area (Å²) >= 11 is 0. The summed E-state index contributed by atoms with van der Waals surface area (Å²) in [5.41, 5.74) is 7.77. The highest BCUT2D eigenvalue weighted by Gasteiger charge is 2.40. The molecule has 208 valence electrons. The molecule has 1 saturated heterocycles. The number of hydrogen-bond acceptors (Lipinski definition) is 6. The van der Waals surface area contributed by atoms with Crippen molar-refractivity contribution < 1.29 is 23.2 Å². The van der Waals surface area contributed by atoms with Gasteiger partial charge in [0.1, 0.15) is 29.5 Å². The summed E-state index contributed by atoms with van der Waals surface area (Å²) in [5, 5.41) is 5.86. The van der Waals surface area contributed by atoms with Crippen LogP contribution in [0.5, 0.6) is 0 Å². The average Bonchev–Trinajstić information content (AvgIpc) is 3.68. The molecule has 1 saturated carbocycles. The standard InChI is InChI=1S/C29H30F2N6O3/c1-16(27-18(5-4-17-2-3-17)7-11-25(32)36-27)34-29(40)24-13-21(31)15-37(24)26(38)14-33-28(39)23-9-6-19-12-20(30)8-10-22(19)35-23/h4-12,16-17,21,24H,2-3,13-15H2,1H3,(H2,32,36)(H,33,39)(H,34,40)/b5-4+/t16-,21-,24+/m1/s1. The molecule has 0 spiro atoms. The van der Waals surface area contributed by atoms with Gasteiger partial charge in [0.05, 0.1) is 30.3 Å². The van der Waals surface area contributed by atoms with Gasteiger partial charge in [-0.05, 0) is 67.6 Å². The number of carbonyl (C=O) groups excluding carboxylic acids is 3. The molecule has 2 aliphatic rings. The number of amides is 3. The van der Waals surface area contributed by atoms with Crippen LogP contribution in [-0.2, 0) is 9.59 Å². The predicted octanol–water partition coefficient (Wildman–Crippen LogP) is 3.32. The van der Waals surface area contributed by atoms with Crippen molar-refractivity contribution in [1.82, 2.24) is 25.5 Å². The number of likely N-dealkylation sites (tertiary alicyclic amines) is 1. The first-order valence-corrected chi connectivity index (χ1v) is 13.2. The lowest BCUT2D eigenvalue weighted by molar-refractivity contribution is -0.138. The molecule has 3 atom stereocenters. The first-order valence-electron chi connectivity index (χ1n) is 13.2. The zero-order valence-corrected chi connectivity index (χ0v) is 21.9. The van der Waals surface area contributed by atoms with Crippen LogP contribution in [0.2, 0.25) is 0 Å². The van der Waals surface area contributed by atoms with Gasteiger partial charge in [0, 0.05) is 11.8 Å². The van der Waals surface area contributed by atoms with Crippen molar-refractivity contribution in [3.63, 3.8) is 0 Å². The molecule has 0 radical (unpaired) electrons. The molecular weight excluding hydrogens is 518 g/mol. The van der Waals surface area contributed by atoms with Crippen LogP contribution in [0.25, 0.3) is 17.0 Å². The fraction of sp³-hybridized carbons (Fsp3) is 0.345. The van der Waals surface area contributed by atoms with E-state index in [0.717, 1.165) is 23.3 Å². The number of aromatic nitrogens is 2. The molecule has 40 heavy (non-hydrogen) atoms. The molecule has 1 aliphatic carbocycles. The summed E-state index contributed by atoms with van der Waals surface area (Å²) in [7, 11) is 0. The molecule has 1 aromatic carbocycles. The monoisotopic (exact) mass is 548 g/mol. The number of nitrogens with two attached hydrogens (primary N) is 1. The van der Waals surface area contributed by atoms with Crippen LogP contribution < -0.4 is 16.4 Å². The Morgan fingerprint density at radius 1 is 1.15 bits per heavy atom. The zero-order chi connectivity index (χ0) is 28.4. The summed E-state index contributed by atoms with van der Waals surface area (Å²) < 4.78 is 27.8. The molecule has 0 unspecified atom stereocenters. The van der Waals surface area contributed by atoms with Crippen molar-refractivity contribution in [3.8, 4) is 0 Å². The number of halogens is 2. The number of pyridine rings is 2. The van der Waals surface area contributed by atoms with Crippen LogP contribution in [0.4, 0.5) is 14.6 Å². The third kappa shape index (κ3) is 6.24. The van der Waals surface area contributed by atoms with E-state index in [2.05, 4.69) is 26.7 Å². The summed E-state index contributed by atoms with van der Waals surface area (Å²) in [4.78, 5) is 48.5. The number of nitrogens with zero attached hydrogens (tertiary/aromatic N) is 3. The van der Waals surface area contributed by atoms with Gasteiger partial charge in [0.2, 0.25) is 11.8 Å². The molecule has 3 amide bonds. The number of alkyl halides is 1. The van der Waals surface area contributed by atoms with Crippen LogP contribution in [0.1, 0.15) is 54.0 Å². The SMILES string of the molecule is C[C@@H](NC(=O)[C@@H]1C[C@@H](F)CN1C(=O)CNC(=O)c1ccc2cc(F)ccc2n1)c1nc(N)ccc1/C=C/C1CC1. The maximum atomic E-state index is 14.4. The van der Waals surface area contributed by atoms with Gasteiger partial charge in [-0.3, -0.25) is 14.4 Å². The lowest BCUT2D eigenvalue weighted by Gasteiger charge is -2.25. The van der Waals surface area contributed by atoms with Crippen LogP contribution in [0, 0.1) is 11.7 Å². The number of hydrogen-bond donors (Lipinski definition) is 3. The molecule has 3 heterocycles. The second-order valence-corrected chi connectivity index (χ2v) is 10.2. The van der Waals surface area contributed by atoms with Gasteiger partial charge >= 0.3 is 0 Å². The van der Waals surface area contributed by atoms with Gasteiger partial charge in [-0.15, -0.1) is 0 Å². The van der Waals surface area contributed by atoms with Crippen molar-refractivity contribution in [2.45, 2.75) is 44.4 Å². The Balaban J connectivity index is 1.22. The second kappa shape index (κ2) is 11.4. The van der Waals surface area contributed by atoms with Crippen LogP contribution in [-0.4, -0.2) is 57.9 Å². The Kier molecular flexibility index (Phi) is 7.72. The highest BCUT2D eigenvalue weighted by atomic mass is 19.1. The minimum Gasteiger partial charge on any atom is -0.384 e. The lowest BCUT2D eigenvalue weighted by atomic mass is 10.1. The van der Waals surface area contributed by atoms with Crippen molar-refractivity contribution in [1.29, 1.82) is 0 Å². The average molecular weight is 549 g/mol. The second-order valence-electron chi connectivity index (χ2n) is 10.2. The highest BCUT2D eigenvalue weighted by molar-refractivity contribution is 5.97. The summed E-state index contributed by atoms with van der Waals surface area (Å²) in [6.45, 7) is 1.06. The molecule has 1 aliphatic heterocycles. The van der Waals surface area contributed by atoms with Crippen LogP contribution >= 0.6 is 0 Å². The maximum Gasteiger partial charge on any atom is 0.270 e. The lowest BCUT2D eigenvalue weighted by Crippen LogP contribution is -2.49. The smallest absolute Gasteiger partial charge is 0.270 e. The summed E-state index contributed by atoms with van der Waals surface area (Å²) in [6.07, 6.45) is 4.85. The fourth-order valence-corrected chi connectivity index (χ4v) is 4.78. The number of nitrogen functional groups attached to an aromatic ring is 1. The highest BCUT2D eigenvalue weighted by Crippen LogP contribution is 2.31. The van der Waals surface area contributed by atoms with Crippen molar-refractivity contribution in [3.05, 3.63) is 71.3 Å². The fourth-order valence-electron chi connectivity index (χ4n) is 4.78. The minimum atomic E-state index is -1.38. The van der Waals surface area contributed by atoms with E-state index < -0.39 is 48.3 Å². The van der Waals surface area contributed by atoms with E-state index >= 15 is 0 Å². The number of rotatable bonds is 8. The normalized spacial score (nSPS) is 19.6. The summed E-state index contributed by atoms with van der Waals surface area (Å²) in [5.74, 6) is -1.29. The first-order chi connectivity index (χ1) is 19.2. The maximum absolute atomic E-state index is 14.4. The quantitative estimate of drug-likeness (QED) is 0.396. The van der Waals surface area contributed by atoms with E-state index in [1.807, 2.05) is 12.1 Å². The molecule has 0 bridgehead atoms.